The average molecular weight is 306 g/mol. The van der Waals surface area contributed by atoms with Gasteiger partial charge in [-0.2, -0.15) is 5.10 Å². The van der Waals surface area contributed by atoms with Gasteiger partial charge in [-0.1, -0.05) is 40.0 Å². The highest BCUT2D eigenvalue weighted by atomic mass is 16.2. The van der Waals surface area contributed by atoms with Crippen molar-refractivity contribution in [3.63, 3.8) is 0 Å². The minimum absolute atomic E-state index is 0.0473. The number of nitrogens with zero attached hydrogens (tertiary/aromatic N) is 2. The maximum atomic E-state index is 12.1. The fourth-order valence-electron chi connectivity index (χ4n) is 2.94. The SMILES string of the molecule is CN(CC(=O)NC1CCCCC1)Cc1cc(C(C)(C)C)n[nH]1. The van der Waals surface area contributed by atoms with E-state index in [-0.39, 0.29) is 11.3 Å². The molecule has 2 rings (SSSR count). The maximum Gasteiger partial charge on any atom is 0.234 e. The van der Waals surface area contributed by atoms with E-state index in [9.17, 15) is 4.79 Å². The summed E-state index contributed by atoms with van der Waals surface area (Å²) in [5.74, 6) is 0.130. The highest BCUT2D eigenvalue weighted by Crippen LogP contribution is 2.20. The summed E-state index contributed by atoms with van der Waals surface area (Å²) in [7, 11) is 1.97. The lowest BCUT2D eigenvalue weighted by atomic mass is 9.92. The zero-order chi connectivity index (χ0) is 16.2. The number of aromatic amines is 1. The number of amides is 1. The molecule has 0 radical (unpaired) electrons. The Labute approximate surface area is 133 Å². The van der Waals surface area contributed by atoms with Crippen LogP contribution in [0.2, 0.25) is 0 Å². The molecule has 0 unspecified atom stereocenters. The van der Waals surface area contributed by atoms with Crippen molar-refractivity contribution in [2.24, 2.45) is 0 Å². The third kappa shape index (κ3) is 5.13. The van der Waals surface area contributed by atoms with Gasteiger partial charge in [-0.05, 0) is 26.0 Å². The van der Waals surface area contributed by atoms with Crippen LogP contribution in [0, 0.1) is 0 Å². The molecule has 1 aliphatic carbocycles. The fourth-order valence-corrected chi connectivity index (χ4v) is 2.94. The predicted molar refractivity (Wildman–Crippen MR) is 88.6 cm³/mol. The van der Waals surface area contributed by atoms with E-state index in [1.54, 1.807) is 0 Å². The van der Waals surface area contributed by atoms with Gasteiger partial charge in [0, 0.05) is 23.7 Å². The molecule has 1 amide bonds. The van der Waals surface area contributed by atoms with Gasteiger partial charge in [0.15, 0.2) is 0 Å². The van der Waals surface area contributed by atoms with Gasteiger partial charge in [0.2, 0.25) is 5.91 Å². The number of aromatic nitrogens is 2. The third-order valence-corrected chi connectivity index (χ3v) is 4.22. The van der Waals surface area contributed by atoms with Crippen LogP contribution in [0.5, 0.6) is 0 Å². The number of carbonyl (C=O) groups excluding carboxylic acids is 1. The first kappa shape index (κ1) is 17.0. The molecule has 0 spiro atoms. The van der Waals surface area contributed by atoms with Gasteiger partial charge >= 0.3 is 0 Å². The lowest BCUT2D eigenvalue weighted by Crippen LogP contribution is -2.41. The van der Waals surface area contributed by atoms with E-state index in [4.69, 9.17) is 0 Å². The molecular weight excluding hydrogens is 276 g/mol. The van der Waals surface area contributed by atoms with Crippen LogP contribution in [-0.4, -0.2) is 40.6 Å². The van der Waals surface area contributed by atoms with Crippen molar-refractivity contribution >= 4 is 5.91 Å². The molecule has 5 heteroatoms. The number of hydrogen-bond donors (Lipinski definition) is 2. The molecule has 1 aromatic rings. The number of carbonyl (C=O) groups is 1. The van der Waals surface area contributed by atoms with Gasteiger partial charge in [-0.15, -0.1) is 0 Å². The number of nitrogens with one attached hydrogen (secondary N) is 2. The largest absolute Gasteiger partial charge is 0.352 e. The number of hydrogen-bond acceptors (Lipinski definition) is 3. The van der Waals surface area contributed by atoms with E-state index in [0.717, 1.165) is 24.2 Å². The summed E-state index contributed by atoms with van der Waals surface area (Å²) in [6, 6.07) is 2.48. The molecule has 2 N–H and O–H groups in total. The molecule has 22 heavy (non-hydrogen) atoms. The van der Waals surface area contributed by atoms with E-state index in [0.29, 0.717) is 19.1 Å². The molecule has 1 aliphatic rings. The normalized spacial score (nSPS) is 17.0. The smallest absolute Gasteiger partial charge is 0.234 e. The Balaban J connectivity index is 1.78. The van der Waals surface area contributed by atoms with Crippen LogP contribution >= 0.6 is 0 Å². The van der Waals surface area contributed by atoms with Crippen LogP contribution in [0.1, 0.15) is 64.3 Å². The Morgan fingerprint density at radius 1 is 1.36 bits per heavy atom. The first-order valence-corrected chi connectivity index (χ1v) is 8.37. The van der Waals surface area contributed by atoms with Gasteiger partial charge in [0.25, 0.3) is 0 Å². The molecule has 0 bridgehead atoms. The van der Waals surface area contributed by atoms with E-state index < -0.39 is 0 Å². The second-order valence-electron chi connectivity index (χ2n) is 7.60. The number of H-pyrrole nitrogens is 1. The summed E-state index contributed by atoms with van der Waals surface area (Å²) in [5, 5.41) is 10.6. The summed E-state index contributed by atoms with van der Waals surface area (Å²) in [6.07, 6.45) is 6.05. The van der Waals surface area contributed by atoms with E-state index >= 15 is 0 Å². The van der Waals surface area contributed by atoms with Gasteiger partial charge in [-0.25, -0.2) is 0 Å². The van der Waals surface area contributed by atoms with E-state index in [1.165, 1.54) is 19.3 Å². The van der Waals surface area contributed by atoms with Crippen molar-refractivity contribution in [3.8, 4) is 0 Å². The molecule has 124 valence electrons. The Morgan fingerprint density at radius 2 is 2.05 bits per heavy atom. The Bertz CT molecular complexity index is 483. The predicted octanol–water partition coefficient (Wildman–Crippen LogP) is 2.59. The van der Waals surface area contributed by atoms with Crippen LogP contribution in [0.15, 0.2) is 6.07 Å². The Morgan fingerprint density at radius 3 is 2.64 bits per heavy atom. The molecule has 0 saturated heterocycles. The van der Waals surface area contributed by atoms with Crippen molar-refractivity contribution in [2.75, 3.05) is 13.6 Å². The van der Waals surface area contributed by atoms with Crippen LogP contribution in [-0.2, 0) is 16.8 Å². The van der Waals surface area contributed by atoms with Crippen LogP contribution < -0.4 is 5.32 Å². The summed E-state index contributed by atoms with van der Waals surface area (Å²) in [5.41, 5.74) is 2.16. The van der Waals surface area contributed by atoms with E-state index in [2.05, 4.69) is 42.4 Å². The number of likely N-dealkylation sites (N-methyl/N-ethyl adjacent to an activating group) is 1. The lowest BCUT2D eigenvalue weighted by molar-refractivity contribution is -0.123. The second kappa shape index (κ2) is 7.27. The first-order chi connectivity index (χ1) is 10.3. The molecule has 0 atom stereocenters. The molecule has 1 saturated carbocycles. The van der Waals surface area contributed by atoms with Crippen LogP contribution in [0.4, 0.5) is 0 Å². The molecule has 0 aliphatic heterocycles. The summed E-state index contributed by atoms with van der Waals surface area (Å²) in [4.78, 5) is 14.1. The molecule has 1 aromatic heterocycles. The number of rotatable bonds is 5. The molecule has 1 heterocycles. The highest BCUT2D eigenvalue weighted by Gasteiger charge is 2.19. The highest BCUT2D eigenvalue weighted by molar-refractivity contribution is 5.78. The van der Waals surface area contributed by atoms with Gasteiger partial charge < -0.3 is 5.32 Å². The Kier molecular flexibility index (Phi) is 5.62. The zero-order valence-electron chi connectivity index (χ0n) is 14.4. The molecular formula is C17H30N4O. The van der Waals surface area contributed by atoms with Crippen molar-refractivity contribution in [2.45, 2.75) is 70.9 Å². The third-order valence-electron chi connectivity index (χ3n) is 4.22. The summed E-state index contributed by atoms with van der Waals surface area (Å²) < 4.78 is 0. The summed E-state index contributed by atoms with van der Waals surface area (Å²) in [6.45, 7) is 7.58. The van der Waals surface area contributed by atoms with Gasteiger partial charge in [-0.3, -0.25) is 14.8 Å². The molecule has 5 nitrogen and oxygen atoms in total. The van der Waals surface area contributed by atoms with Crippen molar-refractivity contribution in [1.82, 2.24) is 20.4 Å². The van der Waals surface area contributed by atoms with Crippen LogP contribution in [0.3, 0.4) is 0 Å². The summed E-state index contributed by atoms with van der Waals surface area (Å²) >= 11 is 0. The molecule has 1 fully saturated rings. The maximum absolute atomic E-state index is 12.1. The minimum atomic E-state index is 0.0473. The quantitative estimate of drug-likeness (QED) is 0.879. The molecule has 0 aromatic carbocycles. The van der Waals surface area contributed by atoms with Crippen molar-refractivity contribution in [1.29, 1.82) is 0 Å². The van der Waals surface area contributed by atoms with Crippen LogP contribution in [0.25, 0.3) is 0 Å². The monoisotopic (exact) mass is 306 g/mol. The van der Waals surface area contributed by atoms with Crippen molar-refractivity contribution in [3.05, 3.63) is 17.5 Å². The standard InChI is InChI=1S/C17H30N4O/c1-17(2,3)15-10-14(19-20-15)11-21(4)12-16(22)18-13-8-6-5-7-9-13/h10,13H,5-9,11-12H2,1-4H3,(H,18,22)(H,19,20). The minimum Gasteiger partial charge on any atom is -0.352 e. The average Bonchev–Trinajstić information content (AvgIpc) is 2.87. The Hall–Kier alpha value is -1.36. The zero-order valence-corrected chi connectivity index (χ0v) is 14.4. The lowest BCUT2D eigenvalue weighted by Gasteiger charge is -2.24. The topological polar surface area (TPSA) is 61.0 Å². The van der Waals surface area contributed by atoms with Gasteiger partial charge in [0.05, 0.1) is 12.2 Å². The van der Waals surface area contributed by atoms with Gasteiger partial charge in [0.1, 0.15) is 0 Å². The van der Waals surface area contributed by atoms with E-state index in [1.807, 2.05) is 11.9 Å². The second-order valence-corrected chi connectivity index (χ2v) is 7.60. The first-order valence-electron chi connectivity index (χ1n) is 8.37. The fraction of sp³-hybridized carbons (Fsp3) is 0.765. The van der Waals surface area contributed by atoms with Crippen molar-refractivity contribution < 1.29 is 4.79 Å².